The molecule has 1 aromatic carbocycles. The fourth-order valence-corrected chi connectivity index (χ4v) is 1.79. The van der Waals surface area contributed by atoms with Gasteiger partial charge in [0, 0.05) is 29.6 Å². The first-order valence-corrected chi connectivity index (χ1v) is 6.21. The number of amides is 3. The Balaban J connectivity index is 2.02. The molecular formula is C14H13N3O4. The van der Waals surface area contributed by atoms with E-state index in [2.05, 4.69) is 15.6 Å². The van der Waals surface area contributed by atoms with Crippen molar-refractivity contribution in [1.29, 1.82) is 0 Å². The SMILES string of the molecule is O=C(O)CCC(=O)NC(=O)Nc1cccc2cnccc12. The average Bonchev–Trinajstić information content (AvgIpc) is 2.45. The van der Waals surface area contributed by atoms with Crippen LogP contribution in [0.25, 0.3) is 10.8 Å². The Morgan fingerprint density at radius 1 is 1.14 bits per heavy atom. The molecule has 2 rings (SSSR count). The first-order valence-electron chi connectivity index (χ1n) is 6.21. The monoisotopic (exact) mass is 287 g/mol. The van der Waals surface area contributed by atoms with Crippen LogP contribution in [0.15, 0.2) is 36.7 Å². The summed E-state index contributed by atoms with van der Waals surface area (Å²) in [7, 11) is 0. The topological polar surface area (TPSA) is 108 Å². The Hall–Kier alpha value is -2.96. The third kappa shape index (κ3) is 4.00. The molecule has 0 bridgehead atoms. The highest BCUT2D eigenvalue weighted by Gasteiger charge is 2.10. The number of nitrogens with one attached hydrogen (secondary N) is 2. The number of carboxylic acid groups (broad SMARTS) is 1. The highest BCUT2D eigenvalue weighted by molar-refractivity contribution is 6.06. The summed E-state index contributed by atoms with van der Waals surface area (Å²) in [4.78, 5) is 37.4. The minimum atomic E-state index is -1.09. The number of imide groups is 1. The maximum atomic E-state index is 11.7. The molecule has 0 radical (unpaired) electrons. The van der Waals surface area contributed by atoms with E-state index in [1.54, 1.807) is 30.6 Å². The van der Waals surface area contributed by atoms with E-state index in [1.165, 1.54) is 0 Å². The van der Waals surface area contributed by atoms with Crippen LogP contribution in [-0.4, -0.2) is 28.0 Å². The number of pyridine rings is 1. The molecule has 7 heteroatoms. The number of aromatic nitrogens is 1. The molecule has 1 heterocycles. The van der Waals surface area contributed by atoms with E-state index < -0.39 is 17.9 Å². The lowest BCUT2D eigenvalue weighted by Gasteiger charge is -2.09. The second kappa shape index (κ2) is 6.47. The maximum Gasteiger partial charge on any atom is 0.325 e. The molecule has 0 aliphatic heterocycles. The zero-order chi connectivity index (χ0) is 15.2. The van der Waals surface area contributed by atoms with Crippen molar-refractivity contribution in [3.8, 4) is 0 Å². The van der Waals surface area contributed by atoms with E-state index in [9.17, 15) is 14.4 Å². The predicted molar refractivity (Wildman–Crippen MR) is 75.8 cm³/mol. The lowest BCUT2D eigenvalue weighted by Crippen LogP contribution is -2.34. The quantitative estimate of drug-likeness (QED) is 0.793. The van der Waals surface area contributed by atoms with Gasteiger partial charge in [-0.15, -0.1) is 0 Å². The van der Waals surface area contributed by atoms with E-state index in [-0.39, 0.29) is 12.8 Å². The van der Waals surface area contributed by atoms with Crippen LogP contribution in [-0.2, 0) is 9.59 Å². The Labute approximate surface area is 120 Å². The number of rotatable bonds is 4. The molecule has 0 aliphatic carbocycles. The van der Waals surface area contributed by atoms with Crippen molar-refractivity contribution in [2.24, 2.45) is 0 Å². The Morgan fingerprint density at radius 2 is 1.95 bits per heavy atom. The lowest BCUT2D eigenvalue weighted by atomic mass is 10.1. The van der Waals surface area contributed by atoms with Gasteiger partial charge in [0.2, 0.25) is 5.91 Å². The predicted octanol–water partition coefficient (Wildman–Crippen LogP) is 1.75. The van der Waals surface area contributed by atoms with Crippen LogP contribution in [0.4, 0.5) is 10.5 Å². The fraction of sp³-hybridized carbons (Fsp3) is 0.143. The summed E-state index contributed by atoms with van der Waals surface area (Å²) in [6, 6.07) is 6.35. The Bertz CT molecular complexity index is 694. The van der Waals surface area contributed by atoms with Crippen molar-refractivity contribution in [2.45, 2.75) is 12.8 Å². The van der Waals surface area contributed by atoms with Gasteiger partial charge < -0.3 is 10.4 Å². The van der Waals surface area contributed by atoms with Crippen molar-refractivity contribution in [3.05, 3.63) is 36.7 Å². The number of anilines is 1. The van der Waals surface area contributed by atoms with Gasteiger partial charge in [0.15, 0.2) is 0 Å². The zero-order valence-corrected chi connectivity index (χ0v) is 11.0. The number of urea groups is 1. The first-order chi connectivity index (χ1) is 10.1. The molecule has 0 saturated heterocycles. The second-order valence-corrected chi connectivity index (χ2v) is 4.30. The molecule has 0 aliphatic rings. The van der Waals surface area contributed by atoms with Crippen LogP contribution >= 0.6 is 0 Å². The van der Waals surface area contributed by atoms with Crippen molar-refractivity contribution >= 4 is 34.4 Å². The molecule has 1 aromatic heterocycles. The molecule has 0 saturated carbocycles. The van der Waals surface area contributed by atoms with Crippen LogP contribution in [0, 0.1) is 0 Å². The number of nitrogens with zero attached hydrogens (tertiary/aromatic N) is 1. The molecule has 0 unspecified atom stereocenters. The molecule has 0 spiro atoms. The van der Waals surface area contributed by atoms with Gasteiger partial charge in [-0.3, -0.25) is 19.9 Å². The molecule has 3 amide bonds. The van der Waals surface area contributed by atoms with Crippen molar-refractivity contribution < 1.29 is 19.5 Å². The van der Waals surface area contributed by atoms with Crippen LogP contribution in [0.3, 0.4) is 0 Å². The number of carbonyl (C=O) groups is 3. The highest BCUT2D eigenvalue weighted by Crippen LogP contribution is 2.21. The van der Waals surface area contributed by atoms with Crippen LogP contribution < -0.4 is 10.6 Å². The Morgan fingerprint density at radius 3 is 2.71 bits per heavy atom. The summed E-state index contributed by atoms with van der Waals surface area (Å²) in [5, 5.41) is 14.7. The fourth-order valence-electron chi connectivity index (χ4n) is 1.79. The van der Waals surface area contributed by atoms with Crippen LogP contribution in [0.1, 0.15) is 12.8 Å². The maximum absolute atomic E-state index is 11.7. The van der Waals surface area contributed by atoms with Gasteiger partial charge in [0.25, 0.3) is 0 Å². The van der Waals surface area contributed by atoms with E-state index in [1.807, 2.05) is 6.07 Å². The minimum Gasteiger partial charge on any atom is -0.481 e. The van der Waals surface area contributed by atoms with Gasteiger partial charge in [-0.25, -0.2) is 4.79 Å². The van der Waals surface area contributed by atoms with Crippen molar-refractivity contribution in [1.82, 2.24) is 10.3 Å². The largest absolute Gasteiger partial charge is 0.481 e. The number of carbonyl (C=O) groups excluding carboxylic acids is 2. The zero-order valence-electron chi connectivity index (χ0n) is 11.0. The van der Waals surface area contributed by atoms with Crippen molar-refractivity contribution in [3.63, 3.8) is 0 Å². The molecule has 3 N–H and O–H groups in total. The molecule has 2 aromatic rings. The van der Waals surface area contributed by atoms with Gasteiger partial charge in [0.1, 0.15) is 0 Å². The number of fused-ring (bicyclic) bond motifs is 1. The van der Waals surface area contributed by atoms with Gasteiger partial charge in [0.05, 0.1) is 12.1 Å². The lowest BCUT2D eigenvalue weighted by molar-refractivity contribution is -0.138. The second-order valence-electron chi connectivity index (χ2n) is 4.30. The smallest absolute Gasteiger partial charge is 0.325 e. The molecule has 21 heavy (non-hydrogen) atoms. The van der Waals surface area contributed by atoms with E-state index in [0.29, 0.717) is 5.69 Å². The number of hydrogen-bond donors (Lipinski definition) is 3. The van der Waals surface area contributed by atoms with Gasteiger partial charge >= 0.3 is 12.0 Å². The first kappa shape index (κ1) is 14.4. The van der Waals surface area contributed by atoms with Gasteiger partial charge in [-0.1, -0.05) is 12.1 Å². The minimum absolute atomic E-state index is 0.248. The number of carboxylic acids is 1. The van der Waals surface area contributed by atoms with E-state index in [0.717, 1.165) is 10.8 Å². The summed E-state index contributed by atoms with van der Waals surface area (Å²) < 4.78 is 0. The summed E-state index contributed by atoms with van der Waals surface area (Å²) >= 11 is 0. The summed E-state index contributed by atoms with van der Waals surface area (Å²) in [5.74, 6) is -1.73. The molecule has 7 nitrogen and oxygen atoms in total. The molecule has 0 fully saturated rings. The average molecular weight is 287 g/mol. The summed E-state index contributed by atoms with van der Waals surface area (Å²) in [5.41, 5.74) is 0.540. The number of benzene rings is 1. The third-order valence-electron chi connectivity index (χ3n) is 2.75. The molecule has 0 atom stereocenters. The van der Waals surface area contributed by atoms with E-state index in [4.69, 9.17) is 5.11 Å². The third-order valence-corrected chi connectivity index (χ3v) is 2.75. The standard InChI is InChI=1S/C14H13N3O4/c18-12(4-5-13(19)20)17-14(21)16-11-3-1-2-9-8-15-7-6-10(9)11/h1-3,6-8H,4-5H2,(H,19,20)(H2,16,17,18,21). The number of hydrogen-bond acceptors (Lipinski definition) is 4. The van der Waals surface area contributed by atoms with E-state index >= 15 is 0 Å². The van der Waals surface area contributed by atoms with Crippen LogP contribution in [0.2, 0.25) is 0 Å². The van der Waals surface area contributed by atoms with Crippen molar-refractivity contribution in [2.75, 3.05) is 5.32 Å². The molecule has 108 valence electrons. The Kier molecular flexibility index (Phi) is 4.45. The van der Waals surface area contributed by atoms with Crippen LogP contribution in [0.5, 0.6) is 0 Å². The highest BCUT2D eigenvalue weighted by atomic mass is 16.4. The normalized spacial score (nSPS) is 10.1. The van der Waals surface area contributed by atoms with Gasteiger partial charge in [-0.05, 0) is 12.1 Å². The summed E-state index contributed by atoms with van der Waals surface area (Å²) in [6.07, 6.45) is 2.70. The summed E-state index contributed by atoms with van der Waals surface area (Å²) in [6.45, 7) is 0. The number of aliphatic carboxylic acids is 1. The molecular weight excluding hydrogens is 274 g/mol. The van der Waals surface area contributed by atoms with Gasteiger partial charge in [-0.2, -0.15) is 0 Å².